The Morgan fingerprint density at radius 1 is 1.17 bits per heavy atom. The Hall–Kier alpha value is -1.80. The first-order valence-electron chi connectivity index (χ1n) is 7.85. The highest BCUT2D eigenvalue weighted by atomic mass is 35.5. The molecule has 2 atom stereocenters. The maximum Gasteiger partial charge on any atom is 0.141 e. The predicted octanol–water partition coefficient (Wildman–Crippen LogP) is 4.90. The van der Waals surface area contributed by atoms with Crippen molar-refractivity contribution in [3.63, 3.8) is 0 Å². The average molecular weight is 329 g/mol. The summed E-state index contributed by atoms with van der Waals surface area (Å²) in [6.07, 6.45) is 0.362. The van der Waals surface area contributed by atoms with Crippen LogP contribution in [0.5, 0.6) is 5.75 Å². The third-order valence-electron chi connectivity index (χ3n) is 4.94. The number of ether oxygens (including phenoxy) is 1. The van der Waals surface area contributed by atoms with Crippen LogP contribution in [0, 0.1) is 11.3 Å². The van der Waals surface area contributed by atoms with Crippen LogP contribution in [-0.4, -0.2) is 12.9 Å². The molecule has 23 heavy (non-hydrogen) atoms. The van der Waals surface area contributed by atoms with Crippen LogP contribution >= 0.6 is 11.6 Å². The zero-order valence-corrected chi connectivity index (χ0v) is 14.4. The molecule has 0 spiro atoms. The van der Waals surface area contributed by atoms with Crippen molar-refractivity contribution in [2.75, 3.05) is 7.11 Å². The lowest BCUT2D eigenvalue weighted by Crippen LogP contribution is -2.10. The summed E-state index contributed by atoms with van der Waals surface area (Å²) in [5, 5.41) is 0.628. The van der Waals surface area contributed by atoms with Gasteiger partial charge in [-0.3, -0.25) is 4.79 Å². The normalized spacial score (nSPS) is 21.7. The third kappa shape index (κ3) is 3.00. The molecule has 0 heterocycles. The maximum absolute atomic E-state index is 12.9. The van der Waals surface area contributed by atoms with Crippen molar-refractivity contribution in [3.8, 4) is 5.75 Å². The van der Waals surface area contributed by atoms with Crippen LogP contribution in [0.2, 0.25) is 5.02 Å². The second kappa shape index (κ2) is 6.01. The van der Waals surface area contributed by atoms with Gasteiger partial charge in [0.1, 0.15) is 11.5 Å². The van der Waals surface area contributed by atoms with E-state index in [0.29, 0.717) is 17.4 Å². The van der Waals surface area contributed by atoms with Gasteiger partial charge in [0.2, 0.25) is 0 Å². The first-order valence-corrected chi connectivity index (χ1v) is 8.23. The minimum Gasteiger partial charge on any atom is -0.496 e. The molecule has 0 amide bonds. The van der Waals surface area contributed by atoms with E-state index >= 15 is 0 Å². The van der Waals surface area contributed by atoms with E-state index in [1.165, 1.54) is 5.56 Å². The molecule has 0 N–H and O–H groups in total. The molecule has 3 rings (SSSR count). The van der Waals surface area contributed by atoms with Gasteiger partial charge in [0, 0.05) is 22.9 Å². The van der Waals surface area contributed by atoms with Crippen molar-refractivity contribution in [2.24, 2.45) is 11.3 Å². The Bertz CT molecular complexity index is 722. The zero-order chi connectivity index (χ0) is 16.6. The van der Waals surface area contributed by atoms with Gasteiger partial charge >= 0.3 is 0 Å². The minimum absolute atomic E-state index is 0.00421. The largest absolute Gasteiger partial charge is 0.496 e. The standard InChI is InChI=1S/C20H21ClO2/c1-20(2)18(13-7-5-4-6-8-13)19(20)16(22)12-14-11-15(21)9-10-17(14)23-3/h4-11,18-19H,12H2,1-3H3/t18-,19-/m1/s1. The second-order valence-corrected chi connectivity index (χ2v) is 7.22. The highest BCUT2D eigenvalue weighted by molar-refractivity contribution is 6.30. The molecule has 120 valence electrons. The fraction of sp³-hybridized carbons (Fsp3) is 0.350. The van der Waals surface area contributed by atoms with Crippen molar-refractivity contribution < 1.29 is 9.53 Å². The summed E-state index contributed by atoms with van der Waals surface area (Å²) in [6.45, 7) is 4.34. The molecule has 1 saturated carbocycles. The van der Waals surface area contributed by atoms with E-state index in [0.717, 1.165) is 11.3 Å². The Balaban J connectivity index is 1.81. The molecule has 2 aromatic rings. The Labute approximate surface area is 142 Å². The van der Waals surface area contributed by atoms with Gasteiger partial charge < -0.3 is 4.74 Å². The Kier molecular flexibility index (Phi) is 4.20. The quantitative estimate of drug-likeness (QED) is 0.780. The molecule has 1 aliphatic carbocycles. The van der Waals surface area contributed by atoms with E-state index in [2.05, 4.69) is 26.0 Å². The highest BCUT2D eigenvalue weighted by Crippen LogP contribution is 2.64. The average Bonchev–Trinajstić information content (AvgIpc) is 3.11. The van der Waals surface area contributed by atoms with Crippen LogP contribution in [-0.2, 0) is 11.2 Å². The number of ketones is 1. The molecule has 2 aromatic carbocycles. The summed E-state index contributed by atoms with van der Waals surface area (Å²) >= 11 is 6.07. The smallest absolute Gasteiger partial charge is 0.141 e. The summed E-state index contributed by atoms with van der Waals surface area (Å²) in [5.74, 6) is 1.32. The minimum atomic E-state index is 0.00421. The fourth-order valence-electron chi connectivity index (χ4n) is 3.70. The SMILES string of the molecule is COc1ccc(Cl)cc1CC(=O)[C@@H]1[C@@H](c2ccccc2)C1(C)C. The number of methoxy groups -OCH3 is 1. The van der Waals surface area contributed by atoms with Crippen molar-refractivity contribution in [3.05, 3.63) is 64.7 Å². The van der Waals surface area contributed by atoms with Crippen LogP contribution in [0.1, 0.15) is 30.9 Å². The van der Waals surface area contributed by atoms with Gasteiger partial charge in [0.15, 0.2) is 0 Å². The van der Waals surface area contributed by atoms with Crippen LogP contribution in [0.25, 0.3) is 0 Å². The van der Waals surface area contributed by atoms with E-state index < -0.39 is 0 Å². The molecular formula is C20H21ClO2. The fourth-order valence-corrected chi connectivity index (χ4v) is 3.90. The highest BCUT2D eigenvalue weighted by Gasteiger charge is 2.61. The monoisotopic (exact) mass is 328 g/mol. The Morgan fingerprint density at radius 3 is 2.52 bits per heavy atom. The van der Waals surface area contributed by atoms with Gasteiger partial charge in [-0.25, -0.2) is 0 Å². The second-order valence-electron chi connectivity index (χ2n) is 6.79. The molecular weight excluding hydrogens is 308 g/mol. The van der Waals surface area contributed by atoms with Gasteiger partial charge in [-0.1, -0.05) is 55.8 Å². The summed E-state index contributed by atoms with van der Waals surface area (Å²) in [6, 6.07) is 15.7. The van der Waals surface area contributed by atoms with E-state index in [-0.39, 0.29) is 17.1 Å². The Morgan fingerprint density at radius 2 is 1.87 bits per heavy atom. The van der Waals surface area contributed by atoms with Crippen LogP contribution in [0.15, 0.2) is 48.5 Å². The number of carbonyl (C=O) groups is 1. The van der Waals surface area contributed by atoms with Gasteiger partial charge in [-0.05, 0) is 35.1 Å². The van der Waals surface area contributed by atoms with Crippen molar-refractivity contribution in [1.29, 1.82) is 0 Å². The zero-order valence-electron chi connectivity index (χ0n) is 13.7. The lowest BCUT2D eigenvalue weighted by atomic mass is 10.0. The molecule has 1 aliphatic rings. The molecule has 1 fully saturated rings. The number of Topliss-reactive ketones (excluding diaryl/α,β-unsaturated/α-hetero) is 1. The number of rotatable bonds is 5. The number of hydrogen-bond donors (Lipinski definition) is 0. The number of halogens is 1. The first kappa shape index (κ1) is 16.1. The molecule has 0 aliphatic heterocycles. The van der Waals surface area contributed by atoms with E-state index in [9.17, 15) is 4.79 Å². The van der Waals surface area contributed by atoms with Crippen LogP contribution in [0.3, 0.4) is 0 Å². The number of hydrogen-bond acceptors (Lipinski definition) is 2. The van der Waals surface area contributed by atoms with E-state index in [1.807, 2.05) is 30.3 Å². The van der Waals surface area contributed by atoms with Crippen molar-refractivity contribution >= 4 is 17.4 Å². The molecule has 0 unspecified atom stereocenters. The number of benzene rings is 2. The lowest BCUT2D eigenvalue weighted by Gasteiger charge is -2.09. The molecule has 0 aromatic heterocycles. The summed E-state index contributed by atoms with van der Waals surface area (Å²) < 4.78 is 5.35. The lowest BCUT2D eigenvalue weighted by molar-refractivity contribution is -0.120. The summed E-state index contributed by atoms with van der Waals surface area (Å²) in [4.78, 5) is 12.9. The van der Waals surface area contributed by atoms with E-state index in [4.69, 9.17) is 16.3 Å². The van der Waals surface area contributed by atoms with Crippen LogP contribution < -0.4 is 4.74 Å². The molecule has 0 saturated heterocycles. The molecule has 3 heteroatoms. The summed E-state index contributed by atoms with van der Waals surface area (Å²) in [7, 11) is 1.62. The van der Waals surface area contributed by atoms with Gasteiger partial charge in [-0.2, -0.15) is 0 Å². The van der Waals surface area contributed by atoms with Crippen molar-refractivity contribution in [2.45, 2.75) is 26.2 Å². The number of carbonyl (C=O) groups excluding carboxylic acids is 1. The summed E-state index contributed by atoms with van der Waals surface area (Å²) in [5.41, 5.74) is 2.11. The van der Waals surface area contributed by atoms with Crippen molar-refractivity contribution in [1.82, 2.24) is 0 Å². The van der Waals surface area contributed by atoms with Gasteiger partial charge in [0.25, 0.3) is 0 Å². The molecule has 0 bridgehead atoms. The van der Waals surface area contributed by atoms with E-state index in [1.54, 1.807) is 13.2 Å². The topological polar surface area (TPSA) is 26.3 Å². The maximum atomic E-state index is 12.9. The molecule has 2 nitrogen and oxygen atoms in total. The predicted molar refractivity (Wildman–Crippen MR) is 93.2 cm³/mol. The van der Waals surface area contributed by atoms with Gasteiger partial charge in [-0.15, -0.1) is 0 Å². The van der Waals surface area contributed by atoms with Gasteiger partial charge in [0.05, 0.1) is 7.11 Å². The third-order valence-corrected chi connectivity index (χ3v) is 5.18. The van der Waals surface area contributed by atoms with Crippen LogP contribution in [0.4, 0.5) is 0 Å². The molecule has 0 radical (unpaired) electrons. The first-order chi connectivity index (χ1) is 10.9.